The summed E-state index contributed by atoms with van der Waals surface area (Å²) in [6.45, 7) is -0.142. The quantitative estimate of drug-likeness (QED) is 0.468. The SMILES string of the molecule is COc1ccccc1OCC(=O)Nc1ccc(Oc2ccc(-n3cccn3)nn2)cc1. The molecular formula is C22H19N5O4. The lowest BCUT2D eigenvalue weighted by molar-refractivity contribution is -0.118. The van der Waals surface area contributed by atoms with E-state index in [4.69, 9.17) is 14.2 Å². The van der Waals surface area contributed by atoms with Crippen molar-refractivity contribution in [3.05, 3.63) is 79.1 Å². The van der Waals surface area contributed by atoms with Gasteiger partial charge in [0.15, 0.2) is 23.9 Å². The maximum absolute atomic E-state index is 12.2. The lowest BCUT2D eigenvalue weighted by atomic mass is 10.3. The summed E-state index contributed by atoms with van der Waals surface area (Å²) < 4.78 is 18.0. The number of anilines is 1. The molecule has 0 unspecified atom stereocenters. The number of aromatic nitrogens is 4. The molecule has 0 fully saturated rings. The average Bonchev–Trinajstić information content (AvgIpc) is 3.35. The fourth-order valence-corrected chi connectivity index (χ4v) is 2.70. The minimum Gasteiger partial charge on any atom is -0.493 e. The zero-order valence-corrected chi connectivity index (χ0v) is 16.6. The molecule has 0 aliphatic rings. The van der Waals surface area contributed by atoms with E-state index in [1.165, 1.54) is 0 Å². The number of para-hydroxylation sites is 2. The predicted octanol–water partition coefficient (Wildman–Crippen LogP) is 3.48. The van der Waals surface area contributed by atoms with Gasteiger partial charge in [0.05, 0.1) is 7.11 Å². The van der Waals surface area contributed by atoms with Crippen LogP contribution in [0.3, 0.4) is 0 Å². The molecule has 0 spiro atoms. The Balaban J connectivity index is 1.30. The Morgan fingerprint density at radius 3 is 2.45 bits per heavy atom. The van der Waals surface area contributed by atoms with Crippen molar-refractivity contribution >= 4 is 11.6 Å². The summed E-state index contributed by atoms with van der Waals surface area (Å²) in [7, 11) is 1.55. The molecule has 156 valence electrons. The normalized spacial score (nSPS) is 10.4. The maximum atomic E-state index is 12.2. The number of benzene rings is 2. The van der Waals surface area contributed by atoms with Gasteiger partial charge in [0, 0.05) is 24.1 Å². The van der Waals surface area contributed by atoms with Crippen LogP contribution in [0, 0.1) is 0 Å². The number of amides is 1. The molecule has 9 heteroatoms. The van der Waals surface area contributed by atoms with E-state index >= 15 is 0 Å². The van der Waals surface area contributed by atoms with Gasteiger partial charge >= 0.3 is 0 Å². The van der Waals surface area contributed by atoms with Crippen LogP contribution in [0.1, 0.15) is 0 Å². The monoisotopic (exact) mass is 417 g/mol. The van der Waals surface area contributed by atoms with Gasteiger partial charge in [0.25, 0.3) is 5.91 Å². The molecule has 0 aliphatic heterocycles. The van der Waals surface area contributed by atoms with Crippen LogP contribution in [0.2, 0.25) is 0 Å². The third-order valence-electron chi connectivity index (χ3n) is 4.15. The number of carbonyl (C=O) groups is 1. The van der Waals surface area contributed by atoms with Crippen molar-refractivity contribution in [2.45, 2.75) is 0 Å². The predicted molar refractivity (Wildman–Crippen MR) is 113 cm³/mol. The van der Waals surface area contributed by atoms with Gasteiger partial charge in [-0.3, -0.25) is 4.79 Å². The second-order valence-electron chi connectivity index (χ2n) is 6.29. The highest BCUT2D eigenvalue weighted by Gasteiger charge is 2.08. The number of carbonyl (C=O) groups excluding carboxylic acids is 1. The Kier molecular flexibility index (Phi) is 6.03. The fourth-order valence-electron chi connectivity index (χ4n) is 2.70. The van der Waals surface area contributed by atoms with E-state index in [2.05, 4.69) is 20.6 Å². The molecule has 2 aromatic heterocycles. The standard InChI is InChI=1S/C22H19N5O4/c1-29-18-5-2-3-6-19(18)30-15-21(28)24-16-7-9-17(10-8-16)31-22-12-11-20(25-26-22)27-14-4-13-23-27/h2-14H,15H2,1H3,(H,24,28). The van der Waals surface area contributed by atoms with Gasteiger partial charge in [0.1, 0.15) is 5.75 Å². The minimum atomic E-state index is -0.292. The van der Waals surface area contributed by atoms with Crippen LogP contribution in [0.5, 0.6) is 23.1 Å². The van der Waals surface area contributed by atoms with E-state index in [0.717, 1.165) is 0 Å². The summed E-state index contributed by atoms with van der Waals surface area (Å²) in [6.07, 6.45) is 3.44. The molecule has 1 amide bonds. The van der Waals surface area contributed by atoms with Gasteiger partial charge in [-0.1, -0.05) is 12.1 Å². The van der Waals surface area contributed by atoms with Crippen molar-refractivity contribution in [1.29, 1.82) is 0 Å². The molecule has 31 heavy (non-hydrogen) atoms. The highest BCUT2D eigenvalue weighted by molar-refractivity contribution is 5.91. The molecule has 9 nitrogen and oxygen atoms in total. The minimum absolute atomic E-state index is 0.142. The van der Waals surface area contributed by atoms with Gasteiger partial charge in [-0.05, 0) is 48.5 Å². The third kappa shape index (κ3) is 5.15. The van der Waals surface area contributed by atoms with Crippen molar-refractivity contribution in [3.63, 3.8) is 0 Å². The van der Waals surface area contributed by atoms with Crippen LogP contribution in [0.15, 0.2) is 79.1 Å². The van der Waals surface area contributed by atoms with Crippen molar-refractivity contribution < 1.29 is 19.0 Å². The first-order valence-electron chi connectivity index (χ1n) is 9.38. The van der Waals surface area contributed by atoms with E-state index in [1.54, 1.807) is 78.8 Å². The molecule has 1 N–H and O–H groups in total. The zero-order valence-electron chi connectivity index (χ0n) is 16.6. The Morgan fingerprint density at radius 1 is 0.968 bits per heavy atom. The number of nitrogens with zero attached hydrogens (tertiary/aromatic N) is 4. The molecule has 0 radical (unpaired) electrons. The molecule has 0 bridgehead atoms. The summed E-state index contributed by atoms with van der Waals surface area (Å²) in [4.78, 5) is 12.2. The lowest BCUT2D eigenvalue weighted by Crippen LogP contribution is -2.20. The first-order valence-corrected chi connectivity index (χ1v) is 9.38. The number of rotatable bonds is 8. The van der Waals surface area contributed by atoms with Gasteiger partial charge in [-0.15, -0.1) is 10.2 Å². The summed E-state index contributed by atoms with van der Waals surface area (Å²) in [6, 6.07) is 19.3. The van der Waals surface area contributed by atoms with Gasteiger partial charge in [0.2, 0.25) is 5.88 Å². The first kappa shape index (κ1) is 19.9. The summed E-state index contributed by atoms with van der Waals surface area (Å²) in [5.74, 6) is 2.27. The molecule has 0 saturated carbocycles. The summed E-state index contributed by atoms with van der Waals surface area (Å²) >= 11 is 0. The Morgan fingerprint density at radius 2 is 1.77 bits per heavy atom. The van der Waals surface area contributed by atoms with E-state index in [9.17, 15) is 4.79 Å². The van der Waals surface area contributed by atoms with Crippen molar-refractivity contribution in [1.82, 2.24) is 20.0 Å². The van der Waals surface area contributed by atoms with Crippen molar-refractivity contribution in [2.75, 3.05) is 19.0 Å². The molecular weight excluding hydrogens is 398 g/mol. The van der Waals surface area contributed by atoms with E-state index in [-0.39, 0.29) is 12.5 Å². The van der Waals surface area contributed by atoms with Crippen LogP contribution >= 0.6 is 0 Å². The largest absolute Gasteiger partial charge is 0.493 e. The van der Waals surface area contributed by atoms with Crippen LogP contribution in [0.4, 0.5) is 5.69 Å². The summed E-state index contributed by atoms with van der Waals surface area (Å²) in [5, 5.41) is 15.0. The third-order valence-corrected chi connectivity index (χ3v) is 4.15. The van der Waals surface area contributed by atoms with Crippen LogP contribution in [-0.2, 0) is 4.79 Å². The highest BCUT2D eigenvalue weighted by Crippen LogP contribution is 2.26. The molecule has 0 aliphatic carbocycles. The van der Waals surface area contributed by atoms with Crippen molar-refractivity contribution in [3.8, 4) is 28.9 Å². The second kappa shape index (κ2) is 9.40. The Hall–Kier alpha value is -4.40. The van der Waals surface area contributed by atoms with E-state index in [1.807, 2.05) is 12.1 Å². The van der Waals surface area contributed by atoms with Gasteiger partial charge in [-0.2, -0.15) is 5.10 Å². The van der Waals surface area contributed by atoms with Gasteiger partial charge < -0.3 is 19.5 Å². The Bertz CT molecular complexity index is 1130. The molecule has 2 heterocycles. The summed E-state index contributed by atoms with van der Waals surface area (Å²) in [5.41, 5.74) is 0.612. The smallest absolute Gasteiger partial charge is 0.262 e. The average molecular weight is 417 g/mol. The van der Waals surface area contributed by atoms with E-state index < -0.39 is 0 Å². The number of ether oxygens (including phenoxy) is 3. The maximum Gasteiger partial charge on any atom is 0.262 e. The number of methoxy groups -OCH3 is 1. The lowest BCUT2D eigenvalue weighted by Gasteiger charge is -2.11. The molecule has 0 atom stereocenters. The number of nitrogens with one attached hydrogen (secondary N) is 1. The van der Waals surface area contributed by atoms with Crippen LogP contribution < -0.4 is 19.5 Å². The molecule has 4 aromatic rings. The highest BCUT2D eigenvalue weighted by atomic mass is 16.5. The number of hydrogen-bond donors (Lipinski definition) is 1. The Labute approximate surface area is 178 Å². The topological polar surface area (TPSA) is 100 Å². The molecule has 4 rings (SSSR count). The van der Waals surface area contributed by atoms with Crippen molar-refractivity contribution in [2.24, 2.45) is 0 Å². The van der Waals surface area contributed by atoms with E-state index in [0.29, 0.717) is 34.6 Å². The molecule has 0 saturated heterocycles. The molecule has 2 aromatic carbocycles. The fraction of sp³-hybridized carbons (Fsp3) is 0.0909. The van der Waals surface area contributed by atoms with Crippen LogP contribution in [-0.4, -0.2) is 39.6 Å². The first-order chi connectivity index (χ1) is 15.2. The number of hydrogen-bond acceptors (Lipinski definition) is 7. The second-order valence-corrected chi connectivity index (χ2v) is 6.29. The van der Waals surface area contributed by atoms with Gasteiger partial charge in [-0.25, -0.2) is 4.68 Å². The van der Waals surface area contributed by atoms with Crippen LogP contribution in [0.25, 0.3) is 5.82 Å². The zero-order chi connectivity index (χ0) is 21.5.